The molecule has 2 N–H and O–H groups in total. The first kappa shape index (κ1) is 17.2. The average molecular weight is 309 g/mol. The molecule has 1 heterocycles. The molecule has 0 radical (unpaired) electrons. The van der Waals surface area contributed by atoms with E-state index in [1.807, 2.05) is 0 Å². The SMILES string of the molecule is CCOCCCN(CC(F)(F)F)C(=O)Cn1cnc(N)n1. The van der Waals surface area contributed by atoms with Gasteiger partial charge >= 0.3 is 6.18 Å². The van der Waals surface area contributed by atoms with Crippen molar-refractivity contribution in [1.29, 1.82) is 0 Å². The standard InChI is InChI=1S/C11H18F3N5O2/c1-2-21-5-3-4-18(7-11(12,13)14)9(20)6-19-8-16-10(15)17-19/h8H,2-7H2,1H3,(H2,15,17). The van der Waals surface area contributed by atoms with Gasteiger partial charge in [-0.25, -0.2) is 9.67 Å². The second kappa shape index (κ2) is 7.81. The van der Waals surface area contributed by atoms with Gasteiger partial charge in [0.15, 0.2) is 0 Å². The molecule has 1 aromatic rings. The van der Waals surface area contributed by atoms with Crippen molar-refractivity contribution in [2.45, 2.75) is 26.1 Å². The van der Waals surface area contributed by atoms with Gasteiger partial charge in [-0.2, -0.15) is 13.2 Å². The summed E-state index contributed by atoms with van der Waals surface area (Å²) >= 11 is 0. The third kappa shape index (κ3) is 6.93. The number of nitrogens with two attached hydrogens (primary N) is 1. The number of amides is 1. The van der Waals surface area contributed by atoms with E-state index in [9.17, 15) is 18.0 Å². The lowest BCUT2D eigenvalue weighted by molar-refractivity contribution is -0.162. The summed E-state index contributed by atoms with van der Waals surface area (Å²) in [5.41, 5.74) is 5.28. The number of anilines is 1. The smallest absolute Gasteiger partial charge is 0.382 e. The first-order valence-corrected chi connectivity index (χ1v) is 6.39. The zero-order chi connectivity index (χ0) is 15.9. The third-order valence-corrected chi connectivity index (χ3v) is 2.50. The number of carbonyl (C=O) groups excluding carboxylic acids is 1. The van der Waals surface area contributed by atoms with Gasteiger partial charge in [0.1, 0.15) is 19.4 Å². The highest BCUT2D eigenvalue weighted by atomic mass is 19.4. The molecule has 0 fully saturated rings. The molecular formula is C11H18F3N5O2. The van der Waals surface area contributed by atoms with Crippen LogP contribution in [0.5, 0.6) is 0 Å². The Hall–Kier alpha value is -1.84. The molecule has 10 heteroatoms. The number of carbonyl (C=O) groups is 1. The molecule has 1 rings (SSSR count). The average Bonchev–Trinajstić information content (AvgIpc) is 2.77. The molecule has 0 aliphatic rings. The van der Waals surface area contributed by atoms with E-state index in [1.54, 1.807) is 6.92 Å². The lowest BCUT2D eigenvalue weighted by atomic mass is 10.3. The zero-order valence-electron chi connectivity index (χ0n) is 11.6. The first-order valence-electron chi connectivity index (χ1n) is 6.39. The van der Waals surface area contributed by atoms with E-state index in [0.29, 0.717) is 19.6 Å². The fourth-order valence-electron chi connectivity index (χ4n) is 1.63. The Labute approximate surface area is 119 Å². The highest BCUT2D eigenvalue weighted by Gasteiger charge is 2.32. The van der Waals surface area contributed by atoms with Crippen LogP contribution in [0.4, 0.5) is 19.1 Å². The molecular weight excluding hydrogens is 291 g/mol. The van der Waals surface area contributed by atoms with Gasteiger partial charge in [-0.3, -0.25) is 4.79 Å². The highest BCUT2D eigenvalue weighted by molar-refractivity contribution is 5.75. The molecule has 0 aromatic carbocycles. The summed E-state index contributed by atoms with van der Waals surface area (Å²) in [5, 5.41) is 3.67. The van der Waals surface area contributed by atoms with Crippen LogP contribution in [0.2, 0.25) is 0 Å². The van der Waals surface area contributed by atoms with E-state index in [1.165, 1.54) is 6.33 Å². The van der Waals surface area contributed by atoms with Crippen LogP contribution in [0.1, 0.15) is 13.3 Å². The van der Waals surface area contributed by atoms with E-state index >= 15 is 0 Å². The van der Waals surface area contributed by atoms with Crippen molar-refractivity contribution in [2.75, 3.05) is 32.0 Å². The van der Waals surface area contributed by atoms with Gasteiger partial charge in [0.25, 0.3) is 0 Å². The number of nitrogen functional groups attached to an aromatic ring is 1. The van der Waals surface area contributed by atoms with Gasteiger partial charge in [-0.1, -0.05) is 0 Å². The number of nitrogens with zero attached hydrogens (tertiary/aromatic N) is 4. The van der Waals surface area contributed by atoms with Crippen LogP contribution >= 0.6 is 0 Å². The van der Waals surface area contributed by atoms with E-state index in [-0.39, 0.29) is 19.0 Å². The number of aromatic nitrogens is 3. The maximum atomic E-state index is 12.5. The fourth-order valence-corrected chi connectivity index (χ4v) is 1.63. The molecule has 21 heavy (non-hydrogen) atoms. The lowest BCUT2D eigenvalue weighted by Crippen LogP contribution is -2.41. The molecule has 120 valence electrons. The maximum Gasteiger partial charge on any atom is 0.406 e. The second-order valence-corrected chi connectivity index (χ2v) is 4.28. The summed E-state index contributed by atoms with van der Waals surface area (Å²) in [4.78, 5) is 16.3. The number of alkyl halides is 3. The Bertz CT molecular complexity index is 449. The minimum absolute atomic E-state index is 0.0392. The third-order valence-electron chi connectivity index (χ3n) is 2.50. The van der Waals surface area contributed by atoms with Crippen molar-refractivity contribution in [1.82, 2.24) is 19.7 Å². The van der Waals surface area contributed by atoms with Crippen molar-refractivity contribution in [2.24, 2.45) is 0 Å². The molecule has 0 aliphatic heterocycles. The van der Waals surface area contributed by atoms with Crippen molar-refractivity contribution < 1.29 is 22.7 Å². The molecule has 1 aromatic heterocycles. The van der Waals surface area contributed by atoms with Crippen molar-refractivity contribution >= 4 is 11.9 Å². The summed E-state index contributed by atoms with van der Waals surface area (Å²) in [6, 6.07) is 0. The van der Waals surface area contributed by atoms with Crippen LogP contribution in [0.25, 0.3) is 0 Å². The van der Waals surface area contributed by atoms with Gasteiger partial charge in [0.05, 0.1) is 0 Å². The Morgan fingerprint density at radius 1 is 1.52 bits per heavy atom. The molecule has 0 atom stereocenters. The molecule has 0 saturated heterocycles. The molecule has 0 saturated carbocycles. The van der Waals surface area contributed by atoms with Gasteiger partial charge in [0.2, 0.25) is 11.9 Å². The molecule has 0 spiro atoms. The fraction of sp³-hybridized carbons (Fsp3) is 0.727. The summed E-state index contributed by atoms with van der Waals surface area (Å²) in [6.45, 7) is 0.882. The summed E-state index contributed by atoms with van der Waals surface area (Å²) < 4.78 is 43.7. The number of ether oxygens (including phenoxy) is 1. The number of rotatable bonds is 8. The lowest BCUT2D eigenvalue weighted by Gasteiger charge is -2.23. The summed E-state index contributed by atoms with van der Waals surface area (Å²) in [6.07, 6.45) is -2.93. The Morgan fingerprint density at radius 3 is 2.76 bits per heavy atom. The normalized spacial score (nSPS) is 11.6. The van der Waals surface area contributed by atoms with Crippen molar-refractivity contribution in [3.8, 4) is 0 Å². The van der Waals surface area contributed by atoms with E-state index < -0.39 is 18.6 Å². The second-order valence-electron chi connectivity index (χ2n) is 4.28. The van der Waals surface area contributed by atoms with Gasteiger partial charge in [-0.05, 0) is 13.3 Å². The number of hydrogen-bond acceptors (Lipinski definition) is 5. The van der Waals surface area contributed by atoms with Crippen LogP contribution in [0.15, 0.2) is 6.33 Å². The van der Waals surface area contributed by atoms with Crippen molar-refractivity contribution in [3.63, 3.8) is 0 Å². The van der Waals surface area contributed by atoms with Crippen LogP contribution < -0.4 is 5.73 Å². The highest BCUT2D eigenvalue weighted by Crippen LogP contribution is 2.17. The number of halogens is 3. The summed E-state index contributed by atoms with van der Waals surface area (Å²) in [5.74, 6) is -0.741. The van der Waals surface area contributed by atoms with Crippen LogP contribution in [-0.2, 0) is 16.1 Å². The predicted molar refractivity (Wildman–Crippen MR) is 68.2 cm³/mol. The van der Waals surface area contributed by atoms with Crippen molar-refractivity contribution in [3.05, 3.63) is 6.33 Å². The van der Waals surface area contributed by atoms with Crippen LogP contribution in [0.3, 0.4) is 0 Å². The minimum Gasteiger partial charge on any atom is -0.382 e. The molecule has 7 nitrogen and oxygen atoms in total. The Kier molecular flexibility index (Phi) is 6.40. The monoisotopic (exact) mass is 309 g/mol. The maximum absolute atomic E-state index is 12.5. The summed E-state index contributed by atoms with van der Waals surface area (Å²) in [7, 11) is 0. The van der Waals surface area contributed by atoms with Gasteiger partial charge < -0.3 is 15.4 Å². The van der Waals surface area contributed by atoms with E-state index in [4.69, 9.17) is 10.5 Å². The molecule has 0 bridgehead atoms. The Balaban J connectivity index is 2.58. The Morgan fingerprint density at radius 2 is 2.24 bits per heavy atom. The number of hydrogen-bond donors (Lipinski definition) is 1. The quantitative estimate of drug-likeness (QED) is 0.714. The van der Waals surface area contributed by atoms with Crippen LogP contribution in [-0.4, -0.2) is 58.1 Å². The van der Waals surface area contributed by atoms with Crippen LogP contribution in [0, 0.1) is 0 Å². The largest absolute Gasteiger partial charge is 0.406 e. The topological polar surface area (TPSA) is 86.3 Å². The predicted octanol–water partition coefficient (Wildman–Crippen LogP) is 0.678. The zero-order valence-corrected chi connectivity index (χ0v) is 11.6. The molecule has 1 amide bonds. The van der Waals surface area contributed by atoms with E-state index in [2.05, 4.69) is 10.1 Å². The first-order chi connectivity index (χ1) is 9.81. The molecule has 0 unspecified atom stereocenters. The van der Waals surface area contributed by atoms with Gasteiger partial charge in [0, 0.05) is 19.8 Å². The van der Waals surface area contributed by atoms with E-state index in [0.717, 1.165) is 9.58 Å². The molecule has 0 aliphatic carbocycles. The van der Waals surface area contributed by atoms with Gasteiger partial charge in [-0.15, -0.1) is 5.10 Å². The minimum atomic E-state index is -4.46.